The molecule has 0 aromatic heterocycles. The van der Waals surface area contributed by atoms with Crippen LogP contribution in [0.4, 0.5) is 0 Å². The maximum absolute atomic E-state index is 1.64. The first-order chi connectivity index (χ1) is 12.4. The molecule has 0 bridgehead atoms. The summed E-state index contributed by atoms with van der Waals surface area (Å²) in [6.07, 6.45) is 33.2. The van der Waals surface area contributed by atoms with Crippen LogP contribution in [0.5, 0.6) is 0 Å². The molecule has 0 radical (unpaired) electrons. The summed E-state index contributed by atoms with van der Waals surface area (Å²) in [5.74, 6) is 0. The van der Waals surface area contributed by atoms with E-state index in [0.717, 1.165) is 0 Å². The van der Waals surface area contributed by atoms with Crippen molar-refractivity contribution in [1.29, 1.82) is 0 Å². The Morgan fingerprint density at radius 3 is 0.720 bits per heavy atom. The molecule has 0 amide bonds. The van der Waals surface area contributed by atoms with Crippen molar-refractivity contribution in [3.63, 3.8) is 0 Å². The highest BCUT2D eigenvalue weighted by Crippen LogP contribution is 2.47. The van der Waals surface area contributed by atoms with Gasteiger partial charge in [-0.05, 0) is 0 Å². The van der Waals surface area contributed by atoms with Crippen LogP contribution < -0.4 is 0 Å². The number of hydrogen-bond donors (Lipinski definition) is 0. The van der Waals surface area contributed by atoms with E-state index in [0.29, 0.717) is 0 Å². The lowest BCUT2D eigenvalue weighted by molar-refractivity contribution is 0.443. The second kappa shape index (κ2) is 12.1. The van der Waals surface area contributed by atoms with E-state index >= 15 is 0 Å². The van der Waals surface area contributed by atoms with Gasteiger partial charge in [-0.15, -0.1) is 0 Å². The van der Waals surface area contributed by atoms with Gasteiger partial charge in [0, 0.05) is 0 Å². The Morgan fingerprint density at radius 1 is 0.280 bits per heavy atom. The third kappa shape index (κ3) is 6.89. The predicted molar refractivity (Wildman–Crippen MR) is 114 cm³/mol. The molecule has 3 rings (SSSR count). The summed E-state index contributed by atoms with van der Waals surface area (Å²) < 4.78 is 3.69. The van der Waals surface area contributed by atoms with Crippen molar-refractivity contribution in [1.82, 2.24) is 0 Å². The lowest BCUT2D eigenvalue weighted by atomic mass is 9.99. The van der Waals surface area contributed by atoms with Gasteiger partial charge in [0.1, 0.15) is 0 Å². The zero-order chi connectivity index (χ0) is 17.2. The topological polar surface area (TPSA) is 0 Å². The average molecular weight is 361 g/mol. The lowest BCUT2D eigenvalue weighted by Crippen LogP contribution is -2.34. The van der Waals surface area contributed by atoms with Crippen molar-refractivity contribution in [3.05, 3.63) is 0 Å². The van der Waals surface area contributed by atoms with Gasteiger partial charge in [0.2, 0.25) is 0 Å². The third-order valence-corrected chi connectivity index (χ3v) is 13.3. The molecule has 144 valence electrons. The third-order valence-electron chi connectivity index (χ3n) is 8.08. The first kappa shape index (κ1) is 20.3. The molecular formula is C24H45Al. The second-order valence-corrected chi connectivity index (χ2v) is 13.9. The number of hydrogen-bond acceptors (Lipinski definition) is 0. The Balaban J connectivity index is 1.72. The maximum atomic E-state index is 1.64. The van der Waals surface area contributed by atoms with Gasteiger partial charge >= 0.3 is 0 Å². The van der Waals surface area contributed by atoms with Crippen LogP contribution in [-0.4, -0.2) is 14.1 Å². The highest BCUT2D eigenvalue weighted by Gasteiger charge is 2.40. The zero-order valence-electron chi connectivity index (χ0n) is 17.2. The normalized spacial score (nSPS) is 27.4. The molecular weight excluding hydrogens is 315 g/mol. The van der Waals surface area contributed by atoms with Crippen molar-refractivity contribution in [2.24, 2.45) is 0 Å². The monoisotopic (exact) mass is 360 g/mol. The molecule has 3 fully saturated rings. The summed E-state index contributed by atoms with van der Waals surface area (Å²) in [4.78, 5) is 0. The van der Waals surface area contributed by atoms with Gasteiger partial charge in [-0.2, -0.15) is 0 Å². The van der Waals surface area contributed by atoms with Crippen LogP contribution in [0.3, 0.4) is 0 Å². The van der Waals surface area contributed by atoms with Gasteiger partial charge in [0.25, 0.3) is 14.1 Å². The Hall–Kier alpha value is 0.532. The van der Waals surface area contributed by atoms with E-state index in [-0.39, 0.29) is 0 Å². The van der Waals surface area contributed by atoms with Crippen molar-refractivity contribution >= 4 is 14.1 Å². The highest BCUT2D eigenvalue weighted by atomic mass is 27.2. The first-order valence-corrected chi connectivity index (χ1v) is 14.4. The van der Waals surface area contributed by atoms with E-state index in [2.05, 4.69) is 0 Å². The molecule has 25 heavy (non-hydrogen) atoms. The summed E-state index contributed by atoms with van der Waals surface area (Å²) in [7, 11) is 0. The van der Waals surface area contributed by atoms with E-state index in [1.165, 1.54) is 33.6 Å². The fraction of sp³-hybridized carbons (Fsp3) is 1.00. The Labute approximate surface area is 163 Å². The van der Waals surface area contributed by atoms with Crippen LogP contribution in [-0.2, 0) is 0 Å². The van der Waals surface area contributed by atoms with Crippen molar-refractivity contribution in [3.8, 4) is 0 Å². The summed E-state index contributed by atoms with van der Waals surface area (Å²) >= 11 is -0.625. The molecule has 0 unspecified atom stereocenters. The molecule has 0 heterocycles. The fourth-order valence-electron chi connectivity index (χ4n) is 6.77. The van der Waals surface area contributed by atoms with Gasteiger partial charge in [0.15, 0.2) is 0 Å². The lowest BCUT2D eigenvalue weighted by Gasteiger charge is -2.38. The average Bonchev–Trinajstić information content (AvgIpc) is 2.51. The Morgan fingerprint density at radius 2 is 0.480 bits per heavy atom. The van der Waals surface area contributed by atoms with Gasteiger partial charge in [-0.1, -0.05) is 149 Å². The second-order valence-electron chi connectivity index (χ2n) is 9.89. The number of rotatable bonds is 3. The summed E-state index contributed by atoms with van der Waals surface area (Å²) in [6, 6.07) is 0. The minimum Gasteiger partial charge on any atom is -0.0817 e. The molecule has 3 saturated carbocycles. The van der Waals surface area contributed by atoms with Gasteiger partial charge in [0.05, 0.1) is 0 Å². The molecule has 0 spiro atoms. The largest absolute Gasteiger partial charge is 0.272 e. The van der Waals surface area contributed by atoms with Crippen LogP contribution in [0.15, 0.2) is 0 Å². The first-order valence-electron chi connectivity index (χ1n) is 12.4. The molecule has 0 saturated heterocycles. The van der Waals surface area contributed by atoms with Crippen molar-refractivity contribution < 1.29 is 0 Å². The predicted octanol–water partition coefficient (Wildman–Crippen LogP) is 8.82. The summed E-state index contributed by atoms with van der Waals surface area (Å²) in [5, 5.41) is 0. The van der Waals surface area contributed by atoms with Crippen LogP contribution >= 0.6 is 0 Å². The Bertz CT molecular complexity index is 263. The molecule has 0 nitrogen and oxygen atoms in total. The van der Waals surface area contributed by atoms with Crippen LogP contribution in [0, 0.1) is 0 Å². The molecule has 0 N–H and O–H groups in total. The fourth-order valence-corrected chi connectivity index (χ4v) is 12.8. The maximum Gasteiger partial charge on any atom is 0.272 e. The van der Waals surface area contributed by atoms with Crippen LogP contribution in [0.2, 0.25) is 14.3 Å². The smallest absolute Gasteiger partial charge is 0.0817 e. The quantitative estimate of drug-likeness (QED) is 0.441. The van der Waals surface area contributed by atoms with Crippen LogP contribution in [0.1, 0.15) is 135 Å². The standard InChI is InChI=1S/3C8H15.Al/c3*1-2-4-6-8-7-5-3-1;/h3*1H,2-8H2;. The molecule has 0 aliphatic heterocycles. The SMILES string of the molecule is C1CCC[CH]([Al]([CH]2CCCCCCC2)[CH]2CCCCCCC2)CCC1. The van der Waals surface area contributed by atoms with Gasteiger partial charge in [-0.25, -0.2) is 0 Å². The van der Waals surface area contributed by atoms with Crippen molar-refractivity contribution in [2.75, 3.05) is 0 Å². The molecule has 0 aromatic rings. The van der Waals surface area contributed by atoms with E-state index in [9.17, 15) is 0 Å². The van der Waals surface area contributed by atoms with Gasteiger partial charge < -0.3 is 0 Å². The van der Waals surface area contributed by atoms with Crippen LogP contribution in [0.25, 0.3) is 0 Å². The highest BCUT2D eigenvalue weighted by molar-refractivity contribution is 6.63. The van der Waals surface area contributed by atoms with Crippen molar-refractivity contribution in [2.45, 2.75) is 149 Å². The minimum absolute atomic E-state index is 0.625. The zero-order valence-corrected chi connectivity index (χ0v) is 18.3. The molecule has 0 atom stereocenters. The Kier molecular flexibility index (Phi) is 9.80. The molecule has 3 aliphatic carbocycles. The molecule has 1 heteroatoms. The van der Waals surface area contributed by atoms with E-state index in [4.69, 9.17) is 0 Å². The summed E-state index contributed by atoms with van der Waals surface area (Å²) in [6.45, 7) is 0. The van der Waals surface area contributed by atoms with E-state index in [1.807, 2.05) is 0 Å². The van der Waals surface area contributed by atoms with Gasteiger partial charge in [-0.3, -0.25) is 0 Å². The van der Waals surface area contributed by atoms with E-state index in [1.54, 1.807) is 116 Å². The van der Waals surface area contributed by atoms with E-state index < -0.39 is 14.1 Å². The molecule has 3 aliphatic rings. The molecule has 0 aromatic carbocycles. The summed E-state index contributed by atoms with van der Waals surface area (Å²) in [5.41, 5.74) is 0. The minimum atomic E-state index is -0.625.